The molecule has 4 heteroatoms. The first-order valence-electron chi connectivity index (χ1n) is 3.85. The van der Waals surface area contributed by atoms with Gasteiger partial charge in [0.2, 0.25) is 0 Å². The van der Waals surface area contributed by atoms with Gasteiger partial charge in [-0.1, -0.05) is 0 Å². The number of hydrogen-bond donors (Lipinski definition) is 1. The third-order valence-corrected chi connectivity index (χ3v) is 1.35. The lowest BCUT2D eigenvalue weighted by Crippen LogP contribution is -2.25. The van der Waals surface area contributed by atoms with Gasteiger partial charge in [0.05, 0.1) is 6.34 Å². The molecule has 0 aromatic carbocycles. The maximum atomic E-state index is 4.23. The Labute approximate surface area is 72.7 Å². The van der Waals surface area contributed by atoms with Crippen LogP contribution in [0.2, 0.25) is 0 Å². The van der Waals surface area contributed by atoms with Crippen molar-refractivity contribution in [3.8, 4) is 0 Å². The molecule has 0 aliphatic carbocycles. The molecule has 1 heterocycles. The summed E-state index contributed by atoms with van der Waals surface area (Å²) >= 11 is 0. The molecule has 66 valence electrons. The predicted molar refractivity (Wildman–Crippen MR) is 51.4 cm³/mol. The maximum absolute atomic E-state index is 4.23. The van der Waals surface area contributed by atoms with Gasteiger partial charge in [-0.05, 0) is 18.6 Å². The van der Waals surface area contributed by atoms with Crippen molar-refractivity contribution in [1.82, 2.24) is 10.3 Å². The fourth-order valence-corrected chi connectivity index (χ4v) is 0.826. The van der Waals surface area contributed by atoms with Gasteiger partial charge >= 0.3 is 0 Å². The lowest BCUT2D eigenvalue weighted by Gasteiger charge is -2.13. The maximum Gasteiger partial charge on any atom is 0.155 e. The van der Waals surface area contributed by atoms with Gasteiger partial charge in [-0.3, -0.25) is 5.43 Å². The number of aliphatic imine (C=N–C) groups is 1. The standard InChI is InChI=1S/C8H14N4/c1-7-4-8(11-10-5-7)9-6-12(2)3/h4-6,8,11H,1-3H3/b9-6+. The second-order valence-corrected chi connectivity index (χ2v) is 2.97. The van der Waals surface area contributed by atoms with Gasteiger partial charge in [0.25, 0.3) is 0 Å². The minimum atomic E-state index is -0.0163. The van der Waals surface area contributed by atoms with E-state index in [9.17, 15) is 0 Å². The molecule has 0 aromatic rings. The molecule has 1 atom stereocenters. The molecule has 1 aliphatic rings. The van der Waals surface area contributed by atoms with Crippen molar-refractivity contribution in [2.45, 2.75) is 13.1 Å². The van der Waals surface area contributed by atoms with Crippen LogP contribution in [0.5, 0.6) is 0 Å². The highest BCUT2D eigenvalue weighted by Crippen LogP contribution is 1.99. The summed E-state index contributed by atoms with van der Waals surface area (Å²) in [6.07, 6.45) is 5.55. The van der Waals surface area contributed by atoms with Crippen LogP contribution in [0.4, 0.5) is 0 Å². The molecule has 12 heavy (non-hydrogen) atoms. The number of allylic oxidation sites excluding steroid dienone is 1. The summed E-state index contributed by atoms with van der Waals surface area (Å²) in [5.74, 6) is 0. The Morgan fingerprint density at radius 2 is 2.42 bits per heavy atom. The van der Waals surface area contributed by atoms with Crippen molar-refractivity contribution in [3.63, 3.8) is 0 Å². The minimum Gasteiger partial charge on any atom is -0.369 e. The lowest BCUT2D eigenvalue weighted by atomic mass is 10.2. The average Bonchev–Trinajstić information content (AvgIpc) is 2.01. The van der Waals surface area contributed by atoms with Gasteiger partial charge in [-0.2, -0.15) is 5.10 Å². The number of nitrogens with one attached hydrogen (secondary N) is 1. The van der Waals surface area contributed by atoms with Crippen LogP contribution >= 0.6 is 0 Å². The smallest absolute Gasteiger partial charge is 0.155 e. The molecule has 0 fully saturated rings. The number of hydrazone groups is 1. The quantitative estimate of drug-likeness (QED) is 0.477. The van der Waals surface area contributed by atoms with E-state index in [0.29, 0.717) is 0 Å². The van der Waals surface area contributed by atoms with Gasteiger partial charge in [-0.15, -0.1) is 0 Å². The number of nitrogens with zero attached hydrogens (tertiary/aromatic N) is 3. The second-order valence-electron chi connectivity index (χ2n) is 2.97. The average molecular weight is 166 g/mol. The Bertz CT molecular complexity index is 227. The van der Waals surface area contributed by atoms with E-state index in [4.69, 9.17) is 0 Å². The van der Waals surface area contributed by atoms with Gasteiger partial charge in [0.15, 0.2) is 6.17 Å². The molecule has 0 bridgehead atoms. The molecule has 4 nitrogen and oxygen atoms in total. The third-order valence-electron chi connectivity index (χ3n) is 1.35. The molecule has 0 saturated heterocycles. The van der Waals surface area contributed by atoms with Crippen LogP contribution in [0.1, 0.15) is 6.92 Å². The lowest BCUT2D eigenvalue weighted by molar-refractivity contribution is 0.602. The summed E-state index contributed by atoms with van der Waals surface area (Å²) in [5, 5.41) is 3.94. The van der Waals surface area contributed by atoms with E-state index in [1.807, 2.05) is 32.0 Å². The van der Waals surface area contributed by atoms with Crippen molar-refractivity contribution in [2.75, 3.05) is 14.1 Å². The highest BCUT2D eigenvalue weighted by Gasteiger charge is 2.02. The fourth-order valence-electron chi connectivity index (χ4n) is 0.826. The Hall–Kier alpha value is -1.32. The van der Waals surface area contributed by atoms with Gasteiger partial charge in [0.1, 0.15) is 0 Å². The summed E-state index contributed by atoms with van der Waals surface area (Å²) in [4.78, 5) is 6.12. The van der Waals surface area contributed by atoms with Crippen molar-refractivity contribution < 1.29 is 0 Å². The molecule has 0 radical (unpaired) electrons. The first kappa shape index (κ1) is 8.77. The van der Waals surface area contributed by atoms with Crippen LogP contribution in [0, 0.1) is 0 Å². The molecular formula is C8H14N4. The molecule has 0 amide bonds. The Morgan fingerprint density at radius 1 is 1.67 bits per heavy atom. The third kappa shape index (κ3) is 2.74. The predicted octanol–water partition coefficient (Wildman–Crippen LogP) is 0.438. The van der Waals surface area contributed by atoms with Crippen LogP contribution in [-0.2, 0) is 0 Å². The SMILES string of the molecule is CC1=CC(/N=C/N(C)C)NN=C1. The summed E-state index contributed by atoms with van der Waals surface area (Å²) < 4.78 is 0. The van der Waals surface area contributed by atoms with Crippen molar-refractivity contribution >= 4 is 12.6 Å². The minimum absolute atomic E-state index is 0.0163. The molecular weight excluding hydrogens is 152 g/mol. The van der Waals surface area contributed by atoms with Crippen molar-refractivity contribution in [2.24, 2.45) is 10.1 Å². The molecule has 0 spiro atoms. The van der Waals surface area contributed by atoms with Crippen LogP contribution in [0.25, 0.3) is 0 Å². The first-order valence-corrected chi connectivity index (χ1v) is 3.85. The molecule has 1 rings (SSSR count). The summed E-state index contributed by atoms with van der Waals surface area (Å²) in [6, 6.07) is 0. The zero-order valence-corrected chi connectivity index (χ0v) is 7.65. The Balaban J connectivity index is 2.50. The summed E-state index contributed by atoms with van der Waals surface area (Å²) in [7, 11) is 3.87. The van der Waals surface area contributed by atoms with E-state index in [-0.39, 0.29) is 6.17 Å². The van der Waals surface area contributed by atoms with Gasteiger partial charge < -0.3 is 4.90 Å². The Kier molecular flexibility index (Phi) is 2.85. The van der Waals surface area contributed by atoms with E-state index in [1.54, 1.807) is 12.6 Å². The molecule has 1 N–H and O–H groups in total. The van der Waals surface area contributed by atoms with Crippen LogP contribution in [0.3, 0.4) is 0 Å². The van der Waals surface area contributed by atoms with E-state index >= 15 is 0 Å². The van der Waals surface area contributed by atoms with Crippen molar-refractivity contribution in [1.29, 1.82) is 0 Å². The van der Waals surface area contributed by atoms with Crippen molar-refractivity contribution in [3.05, 3.63) is 11.6 Å². The van der Waals surface area contributed by atoms with Crippen LogP contribution in [0.15, 0.2) is 21.7 Å². The zero-order valence-electron chi connectivity index (χ0n) is 7.65. The van der Waals surface area contributed by atoms with Crippen LogP contribution in [-0.4, -0.2) is 37.7 Å². The largest absolute Gasteiger partial charge is 0.369 e. The molecule has 1 unspecified atom stereocenters. The molecule has 0 saturated carbocycles. The monoisotopic (exact) mass is 166 g/mol. The first-order chi connectivity index (χ1) is 5.68. The summed E-state index contributed by atoms with van der Waals surface area (Å²) in [6.45, 7) is 2.00. The van der Waals surface area contributed by atoms with E-state index in [1.165, 1.54) is 0 Å². The molecule has 1 aliphatic heterocycles. The normalized spacial score (nSPS) is 22.2. The van der Waals surface area contributed by atoms with Gasteiger partial charge in [0, 0.05) is 20.3 Å². The van der Waals surface area contributed by atoms with E-state index in [0.717, 1.165) is 5.57 Å². The number of rotatable bonds is 2. The summed E-state index contributed by atoms with van der Waals surface area (Å²) in [5.41, 5.74) is 4.01. The van der Waals surface area contributed by atoms with Gasteiger partial charge in [-0.25, -0.2) is 4.99 Å². The zero-order chi connectivity index (χ0) is 8.97. The van der Waals surface area contributed by atoms with E-state index < -0.39 is 0 Å². The Morgan fingerprint density at radius 3 is 3.00 bits per heavy atom. The molecule has 0 aromatic heterocycles. The second kappa shape index (κ2) is 3.90. The highest BCUT2D eigenvalue weighted by atomic mass is 15.4. The topological polar surface area (TPSA) is 40.0 Å². The fraction of sp³-hybridized carbons (Fsp3) is 0.500. The highest BCUT2D eigenvalue weighted by molar-refractivity contribution is 5.78. The van der Waals surface area contributed by atoms with E-state index in [2.05, 4.69) is 15.5 Å². The number of hydrogen-bond acceptors (Lipinski definition) is 3. The van der Waals surface area contributed by atoms with Crippen LogP contribution < -0.4 is 5.43 Å².